The van der Waals surface area contributed by atoms with Crippen LogP contribution in [0.4, 0.5) is 11.4 Å². The minimum Gasteiger partial charge on any atom is -0.449 e. The Morgan fingerprint density at radius 2 is 1.47 bits per heavy atom. The number of nitro groups is 1. The van der Waals surface area contributed by atoms with Gasteiger partial charge in [-0.1, -0.05) is 50.2 Å². The molecule has 0 spiro atoms. The Balaban J connectivity index is 1.59. The number of esters is 1. The molecule has 0 radical (unpaired) electrons. The van der Waals surface area contributed by atoms with Gasteiger partial charge >= 0.3 is 5.97 Å². The Hall–Kier alpha value is -4.66. The van der Waals surface area contributed by atoms with Crippen molar-refractivity contribution in [1.29, 1.82) is 0 Å². The summed E-state index contributed by atoms with van der Waals surface area (Å²) in [6.07, 6.45) is -1.30. The molecule has 3 aromatic rings. The molecule has 0 fully saturated rings. The quantitative estimate of drug-likeness (QED) is 0.238. The van der Waals surface area contributed by atoms with Crippen LogP contribution in [0.15, 0.2) is 60.7 Å². The van der Waals surface area contributed by atoms with Crippen LogP contribution >= 0.6 is 0 Å². The average Bonchev–Trinajstić information content (AvgIpc) is 2.86. The van der Waals surface area contributed by atoms with Gasteiger partial charge in [0.25, 0.3) is 11.6 Å². The molecular weight excluding hydrogens is 464 g/mol. The molecule has 0 aliphatic heterocycles. The molecule has 0 bridgehead atoms. The normalized spacial score (nSPS) is 13.0. The molecule has 0 saturated carbocycles. The molecule has 1 amide bonds. The summed E-state index contributed by atoms with van der Waals surface area (Å²) >= 11 is 0. The molecule has 9 heteroatoms. The van der Waals surface area contributed by atoms with Gasteiger partial charge in [-0.3, -0.25) is 24.5 Å². The number of nitro benzene ring substituents is 1. The van der Waals surface area contributed by atoms with E-state index in [1.807, 2.05) is 26.0 Å². The summed E-state index contributed by atoms with van der Waals surface area (Å²) in [7, 11) is 0. The minimum absolute atomic E-state index is 0.0137. The van der Waals surface area contributed by atoms with Gasteiger partial charge in [0.1, 0.15) is 11.1 Å². The zero-order valence-corrected chi connectivity index (χ0v) is 19.7. The first-order valence-electron chi connectivity index (χ1n) is 11.2. The van der Waals surface area contributed by atoms with Crippen LogP contribution in [-0.2, 0) is 9.53 Å². The third-order valence-corrected chi connectivity index (χ3v) is 5.97. The number of ether oxygens (including phenoxy) is 1. The predicted molar refractivity (Wildman–Crippen MR) is 130 cm³/mol. The number of rotatable bonds is 6. The van der Waals surface area contributed by atoms with E-state index < -0.39 is 51.3 Å². The molecule has 3 aromatic carbocycles. The molecule has 9 nitrogen and oxygen atoms in total. The van der Waals surface area contributed by atoms with Crippen molar-refractivity contribution in [3.8, 4) is 0 Å². The van der Waals surface area contributed by atoms with Crippen LogP contribution in [0.3, 0.4) is 0 Å². The topological polar surface area (TPSA) is 133 Å². The van der Waals surface area contributed by atoms with Crippen molar-refractivity contribution in [2.45, 2.75) is 32.8 Å². The van der Waals surface area contributed by atoms with Gasteiger partial charge in [0.2, 0.25) is 5.78 Å². The molecule has 36 heavy (non-hydrogen) atoms. The average molecular weight is 486 g/mol. The maximum atomic E-state index is 13.1. The van der Waals surface area contributed by atoms with Gasteiger partial charge in [0.05, 0.1) is 4.92 Å². The zero-order chi connectivity index (χ0) is 26.1. The molecule has 1 atom stereocenters. The lowest BCUT2D eigenvalue weighted by Gasteiger charge is -2.19. The number of hydrogen-bond donors (Lipinski definition) is 1. The van der Waals surface area contributed by atoms with Crippen molar-refractivity contribution in [1.82, 2.24) is 0 Å². The van der Waals surface area contributed by atoms with Gasteiger partial charge in [-0.15, -0.1) is 0 Å². The van der Waals surface area contributed by atoms with Crippen LogP contribution in [0.25, 0.3) is 0 Å². The molecule has 4 rings (SSSR count). The van der Waals surface area contributed by atoms with Crippen LogP contribution in [-0.4, -0.2) is 34.5 Å². The molecule has 0 heterocycles. The summed E-state index contributed by atoms with van der Waals surface area (Å²) < 4.78 is 5.19. The number of carbonyl (C=O) groups is 4. The molecule has 0 aromatic heterocycles. The highest BCUT2D eigenvalue weighted by Gasteiger charge is 2.39. The lowest BCUT2D eigenvalue weighted by Crippen LogP contribution is -2.30. The van der Waals surface area contributed by atoms with E-state index in [1.165, 1.54) is 31.2 Å². The van der Waals surface area contributed by atoms with Crippen molar-refractivity contribution in [3.63, 3.8) is 0 Å². The van der Waals surface area contributed by atoms with E-state index in [9.17, 15) is 29.3 Å². The minimum atomic E-state index is -1.30. The highest BCUT2D eigenvalue weighted by atomic mass is 16.6. The van der Waals surface area contributed by atoms with E-state index in [-0.39, 0.29) is 16.7 Å². The van der Waals surface area contributed by atoms with Crippen LogP contribution in [0.5, 0.6) is 0 Å². The van der Waals surface area contributed by atoms with Gasteiger partial charge in [0, 0.05) is 22.4 Å². The fourth-order valence-corrected chi connectivity index (χ4v) is 4.00. The summed E-state index contributed by atoms with van der Waals surface area (Å²) in [5.41, 5.74) is -0.274. The van der Waals surface area contributed by atoms with Gasteiger partial charge in [0.15, 0.2) is 11.9 Å². The molecule has 1 aliphatic rings. The first kappa shape index (κ1) is 24.5. The van der Waals surface area contributed by atoms with Crippen LogP contribution in [0.2, 0.25) is 0 Å². The number of nitrogens with zero attached hydrogens (tertiary/aromatic N) is 1. The van der Waals surface area contributed by atoms with E-state index in [1.54, 1.807) is 18.2 Å². The van der Waals surface area contributed by atoms with Crippen molar-refractivity contribution >= 4 is 34.8 Å². The van der Waals surface area contributed by atoms with E-state index in [4.69, 9.17) is 4.74 Å². The van der Waals surface area contributed by atoms with Crippen molar-refractivity contribution in [3.05, 3.63) is 104 Å². The molecule has 0 saturated heterocycles. The molecular formula is C27H22N2O7. The smallest absolute Gasteiger partial charge is 0.345 e. The number of benzene rings is 3. The van der Waals surface area contributed by atoms with Gasteiger partial charge < -0.3 is 10.1 Å². The second-order valence-electron chi connectivity index (χ2n) is 8.66. The molecule has 1 unspecified atom stereocenters. The first-order chi connectivity index (χ1) is 17.1. The standard InChI is InChI=1S/C27H22N2O7/c1-14(2)16-8-10-17(11-9-16)28-26(32)15(3)36-27(33)21-13-12-20-22(23(21)29(34)35)25(31)19-7-5-4-6-18(19)24(20)30/h4-15H,1-3H3,(H,28,32). The number of ketones is 2. The number of fused-ring (bicyclic) bond motifs is 2. The van der Waals surface area contributed by atoms with E-state index in [0.29, 0.717) is 11.6 Å². The Bertz CT molecular complexity index is 1420. The second-order valence-corrected chi connectivity index (χ2v) is 8.66. The molecule has 1 N–H and O–H groups in total. The fraction of sp³-hybridized carbons (Fsp3) is 0.185. The SMILES string of the molecule is CC(OC(=O)c1ccc2c(c1[N+](=O)[O-])C(=O)c1ccccc1C2=O)C(=O)Nc1ccc(C(C)C)cc1. The summed E-state index contributed by atoms with van der Waals surface area (Å²) in [6, 6.07) is 15.4. The van der Waals surface area contributed by atoms with E-state index >= 15 is 0 Å². The summed E-state index contributed by atoms with van der Waals surface area (Å²) in [6.45, 7) is 5.40. The number of anilines is 1. The maximum Gasteiger partial charge on any atom is 0.345 e. The Morgan fingerprint density at radius 3 is 2.06 bits per heavy atom. The highest BCUT2D eigenvalue weighted by Crippen LogP contribution is 2.36. The Labute approximate surface area is 206 Å². The summed E-state index contributed by atoms with van der Waals surface area (Å²) in [5.74, 6) is -2.78. The molecule has 182 valence electrons. The lowest BCUT2D eigenvalue weighted by atomic mass is 9.82. The van der Waals surface area contributed by atoms with E-state index in [2.05, 4.69) is 5.32 Å². The largest absolute Gasteiger partial charge is 0.449 e. The summed E-state index contributed by atoms with van der Waals surface area (Å²) in [5, 5.41) is 14.6. The third kappa shape index (κ3) is 4.38. The number of nitrogens with one attached hydrogen (secondary N) is 1. The fourth-order valence-electron chi connectivity index (χ4n) is 4.00. The van der Waals surface area contributed by atoms with Gasteiger partial charge in [-0.05, 0) is 42.7 Å². The number of hydrogen-bond acceptors (Lipinski definition) is 7. The molecule has 1 aliphatic carbocycles. The van der Waals surface area contributed by atoms with Crippen molar-refractivity contribution < 1.29 is 28.8 Å². The highest BCUT2D eigenvalue weighted by molar-refractivity contribution is 6.30. The Morgan fingerprint density at radius 1 is 0.861 bits per heavy atom. The van der Waals surface area contributed by atoms with Crippen LogP contribution < -0.4 is 5.32 Å². The maximum absolute atomic E-state index is 13.1. The monoisotopic (exact) mass is 486 g/mol. The van der Waals surface area contributed by atoms with Crippen LogP contribution in [0.1, 0.15) is 74.5 Å². The van der Waals surface area contributed by atoms with Crippen LogP contribution in [0, 0.1) is 10.1 Å². The second kappa shape index (κ2) is 9.53. The van der Waals surface area contributed by atoms with Gasteiger partial charge in [-0.2, -0.15) is 0 Å². The predicted octanol–water partition coefficient (Wildman–Crippen LogP) is 4.68. The van der Waals surface area contributed by atoms with E-state index in [0.717, 1.165) is 11.6 Å². The number of carbonyl (C=O) groups excluding carboxylic acids is 4. The van der Waals surface area contributed by atoms with Crippen molar-refractivity contribution in [2.75, 3.05) is 5.32 Å². The third-order valence-electron chi connectivity index (χ3n) is 5.97. The lowest BCUT2D eigenvalue weighted by molar-refractivity contribution is -0.385. The zero-order valence-electron chi connectivity index (χ0n) is 19.7. The van der Waals surface area contributed by atoms with Crippen molar-refractivity contribution in [2.24, 2.45) is 0 Å². The van der Waals surface area contributed by atoms with Gasteiger partial charge in [-0.25, -0.2) is 4.79 Å². The summed E-state index contributed by atoms with van der Waals surface area (Å²) in [4.78, 5) is 62.4. The Kier molecular flexibility index (Phi) is 6.48. The number of amides is 1. The first-order valence-corrected chi connectivity index (χ1v) is 11.2.